The molecular weight excluding hydrogens is 312 g/mol. The van der Waals surface area contributed by atoms with Crippen LogP contribution in [0.15, 0.2) is 59.8 Å². The maximum absolute atomic E-state index is 11.8. The zero-order valence-electron chi connectivity index (χ0n) is 13.7. The topological polar surface area (TPSA) is 62.2 Å². The van der Waals surface area contributed by atoms with E-state index >= 15 is 0 Å². The Morgan fingerprint density at radius 2 is 2.08 bits per heavy atom. The lowest BCUT2D eigenvalue weighted by Gasteiger charge is -2.05. The quantitative estimate of drug-likeness (QED) is 0.600. The van der Waals surface area contributed by atoms with Crippen LogP contribution in [0, 0.1) is 0 Å². The van der Waals surface area contributed by atoms with E-state index in [0.717, 1.165) is 28.5 Å². The number of aromatic amines is 1. The van der Waals surface area contributed by atoms with E-state index in [1.165, 1.54) is 18.4 Å². The third-order valence-corrected chi connectivity index (χ3v) is 4.80. The van der Waals surface area contributed by atoms with Crippen LogP contribution in [0.3, 0.4) is 0 Å². The molecule has 124 valence electrons. The van der Waals surface area contributed by atoms with Gasteiger partial charge in [0.2, 0.25) is 0 Å². The third kappa shape index (κ3) is 2.67. The SMILES string of the molecule is O=c1cc[nH]c2cc(NCc3cn4cc(C5CC5)ccc4n3)ccc12. The number of nitrogens with one attached hydrogen (secondary N) is 2. The molecule has 1 fully saturated rings. The number of hydrogen-bond donors (Lipinski definition) is 2. The van der Waals surface area contributed by atoms with Crippen LogP contribution in [0.1, 0.15) is 30.0 Å². The third-order valence-electron chi connectivity index (χ3n) is 4.80. The molecular formula is C20H18N4O. The normalized spacial score (nSPS) is 14.2. The van der Waals surface area contributed by atoms with Gasteiger partial charge in [-0.2, -0.15) is 0 Å². The second-order valence-corrected chi connectivity index (χ2v) is 6.69. The van der Waals surface area contributed by atoms with Gasteiger partial charge in [0.05, 0.1) is 17.8 Å². The summed E-state index contributed by atoms with van der Waals surface area (Å²) >= 11 is 0. The Bertz CT molecular complexity index is 1140. The van der Waals surface area contributed by atoms with Gasteiger partial charge in [0, 0.05) is 35.7 Å². The lowest BCUT2D eigenvalue weighted by atomic mass is 10.2. The fraction of sp³-hybridized carbons (Fsp3) is 0.200. The number of hydrogen-bond acceptors (Lipinski definition) is 3. The molecule has 2 N–H and O–H groups in total. The van der Waals surface area contributed by atoms with Crippen LogP contribution in [0.4, 0.5) is 5.69 Å². The molecule has 0 spiro atoms. The lowest BCUT2D eigenvalue weighted by molar-refractivity contribution is 1.05. The molecule has 0 unspecified atom stereocenters. The maximum atomic E-state index is 11.8. The maximum Gasteiger partial charge on any atom is 0.189 e. The minimum atomic E-state index is 0.0344. The summed E-state index contributed by atoms with van der Waals surface area (Å²) in [5, 5.41) is 4.09. The Morgan fingerprint density at radius 1 is 1.16 bits per heavy atom. The molecule has 4 aromatic rings. The first kappa shape index (κ1) is 14.3. The molecule has 1 aliphatic rings. The molecule has 0 radical (unpaired) electrons. The van der Waals surface area contributed by atoms with E-state index in [1.54, 1.807) is 12.3 Å². The number of H-pyrrole nitrogens is 1. The average Bonchev–Trinajstić information content (AvgIpc) is 3.39. The van der Waals surface area contributed by atoms with Gasteiger partial charge in [-0.15, -0.1) is 0 Å². The van der Waals surface area contributed by atoms with E-state index in [9.17, 15) is 4.79 Å². The highest BCUT2D eigenvalue weighted by Gasteiger charge is 2.23. The second-order valence-electron chi connectivity index (χ2n) is 6.69. The number of fused-ring (bicyclic) bond motifs is 2. The number of rotatable bonds is 4. The average molecular weight is 330 g/mol. The minimum absolute atomic E-state index is 0.0344. The van der Waals surface area contributed by atoms with E-state index < -0.39 is 0 Å². The summed E-state index contributed by atoms with van der Waals surface area (Å²) in [4.78, 5) is 19.6. The van der Waals surface area contributed by atoms with Crippen LogP contribution in [0.25, 0.3) is 16.6 Å². The first-order valence-corrected chi connectivity index (χ1v) is 8.59. The fourth-order valence-electron chi connectivity index (χ4n) is 3.28. The van der Waals surface area contributed by atoms with E-state index in [-0.39, 0.29) is 5.43 Å². The van der Waals surface area contributed by atoms with Crippen molar-refractivity contribution in [2.24, 2.45) is 0 Å². The van der Waals surface area contributed by atoms with Crippen molar-refractivity contribution >= 4 is 22.2 Å². The molecule has 1 aromatic carbocycles. The molecule has 3 heterocycles. The summed E-state index contributed by atoms with van der Waals surface area (Å²) in [7, 11) is 0. The Hall–Kier alpha value is -3.08. The van der Waals surface area contributed by atoms with Crippen LogP contribution in [0.2, 0.25) is 0 Å². The van der Waals surface area contributed by atoms with Crippen molar-refractivity contribution in [2.45, 2.75) is 25.3 Å². The highest BCUT2D eigenvalue weighted by atomic mass is 16.1. The zero-order chi connectivity index (χ0) is 16.8. The number of aromatic nitrogens is 3. The van der Waals surface area contributed by atoms with E-state index in [2.05, 4.69) is 44.2 Å². The Labute approximate surface area is 144 Å². The van der Waals surface area contributed by atoms with E-state index in [4.69, 9.17) is 0 Å². The monoisotopic (exact) mass is 330 g/mol. The molecule has 5 heteroatoms. The summed E-state index contributed by atoms with van der Waals surface area (Å²) in [5.74, 6) is 0.744. The fourth-order valence-corrected chi connectivity index (χ4v) is 3.28. The minimum Gasteiger partial charge on any atom is -0.379 e. The number of benzene rings is 1. The van der Waals surface area contributed by atoms with Crippen molar-refractivity contribution in [1.29, 1.82) is 0 Å². The van der Waals surface area contributed by atoms with Crippen molar-refractivity contribution in [3.05, 3.63) is 76.5 Å². The number of anilines is 1. The molecule has 0 bridgehead atoms. The molecule has 0 aliphatic heterocycles. The Balaban J connectivity index is 1.38. The number of nitrogens with zero attached hydrogens (tertiary/aromatic N) is 2. The standard InChI is InChI=1S/C20H18N4O/c25-19-7-8-21-18-9-15(4-5-17(18)19)22-10-16-12-24-11-14(13-1-2-13)3-6-20(24)23-16/h3-9,11-13,22H,1-2,10H2,(H,21,25). The van der Waals surface area contributed by atoms with Gasteiger partial charge in [-0.05, 0) is 48.6 Å². The molecule has 5 nitrogen and oxygen atoms in total. The van der Waals surface area contributed by atoms with Gasteiger partial charge in [-0.1, -0.05) is 6.07 Å². The van der Waals surface area contributed by atoms with Crippen LogP contribution in [-0.4, -0.2) is 14.4 Å². The van der Waals surface area contributed by atoms with Crippen molar-refractivity contribution in [3.63, 3.8) is 0 Å². The molecule has 0 amide bonds. The summed E-state index contributed by atoms with van der Waals surface area (Å²) in [6.45, 7) is 0.642. The van der Waals surface area contributed by atoms with Gasteiger partial charge in [-0.3, -0.25) is 4.79 Å². The molecule has 1 saturated carbocycles. The van der Waals surface area contributed by atoms with E-state index in [0.29, 0.717) is 11.9 Å². The van der Waals surface area contributed by atoms with Crippen LogP contribution in [0.5, 0.6) is 0 Å². The molecule has 3 aromatic heterocycles. The zero-order valence-corrected chi connectivity index (χ0v) is 13.7. The van der Waals surface area contributed by atoms with Crippen molar-refractivity contribution in [1.82, 2.24) is 14.4 Å². The molecule has 0 atom stereocenters. The van der Waals surface area contributed by atoms with Gasteiger partial charge in [0.1, 0.15) is 5.65 Å². The summed E-state index contributed by atoms with van der Waals surface area (Å²) < 4.78 is 2.11. The van der Waals surface area contributed by atoms with Gasteiger partial charge in [0.25, 0.3) is 0 Å². The van der Waals surface area contributed by atoms with Crippen LogP contribution in [-0.2, 0) is 6.54 Å². The van der Waals surface area contributed by atoms with Crippen LogP contribution >= 0.6 is 0 Å². The van der Waals surface area contributed by atoms with Crippen LogP contribution < -0.4 is 10.7 Å². The Morgan fingerprint density at radius 3 is 2.96 bits per heavy atom. The molecule has 25 heavy (non-hydrogen) atoms. The van der Waals surface area contributed by atoms with Gasteiger partial charge >= 0.3 is 0 Å². The number of pyridine rings is 2. The van der Waals surface area contributed by atoms with Gasteiger partial charge in [0.15, 0.2) is 5.43 Å². The molecule has 1 aliphatic carbocycles. The highest BCUT2D eigenvalue weighted by molar-refractivity contribution is 5.81. The summed E-state index contributed by atoms with van der Waals surface area (Å²) in [5.41, 5.74) is 5.21. The number of imidazole rings is 1. The van der Waals surface area contributed by atoms with Crippen molar-refractivity contribution < 1.29 is 0 Å². The Kier molecular flexibility index (Phi) is 3.13. The van der Waals surface area contributed by atoms with E-state index in [1.807, 2.05) is 18.2 Å². The summed E-state index contributed by atoms with van der Waals surface area (Å²) in [6.07, 6.45) is 8.56. The largest absolute Gasteiger partial charge is 0.379 e. The predicted octanol–water partition coefficient (Wildman–Crippen LogP) is 3.67. The first-order valence-electron chi connectivity index (χ1n) is 8.59. The lowest BCUT2D eigenvalue weighted by Crippen LogP contribution is -2.02. The smallest absolute Gasteiger partial charge is 0.189 e. The van der Waals surface area contributed by atoms with Gasteiger partial charge < -0.3 is 14.7 Å². The van der Waals surface area contributed by atoms with Crippen molar-refractivity contribution in [2.75, 3.05) is 5.32 Å². The molecule has 5 rings (SSSR count). The second kappa shape index (κ2) is 5.48. The summed E-state index contributed by atoms with van der Waals surface area (Å²) in [6, 6.07) is 11.6. The van der Waals surface area contributed by atoms with Gasteiger partial charge in [-0.25, -0.2) is 4.98 Å². The highest BCUT2D eigenvalue weighted by Crippen LogP contribution is 2.39. The predicted molar refractivity (Wildman–Crippen MR) is 99.1 cm³/mol. The first-order chi connectivity index (χ1) is 12.3. The molecule has 0 saturated heterocycles. The van der Waals surface area contributed by atoms with Crippen molar-refractivity contribution in [3.8, 4) is 0 Å².